The molecule has 4 heteroatoms. The Labute approximate surface area is 176 Å². The summed E-state index contributed by atoms with van der Waals surface area (Å²) in [7, 11) is 0. The number of aliphatic hydroxyl groups excluding tert-OH is 2. The molecule has 4 nitrogen and oxygen atoms in total. The Morgan fingerprint density at radius 1 is 1.24 bits per heavy atom. The molecule has 164 valence electrons. The third-order valence-corrected chi connectivity index (χ3v) is 7.60. The molecule has 0 heterocycles. The zero-order chi connectivity index (χ0) is 21.2. The van der Waals surface area contributed by atoms with Crippen LogP contribution in [0.3, 0.4) is 0 Å². The Kier molecular flexibility index (Phi) is 7.10. The van der Waals surface area contributed by atoms with Gasteiger partial charge in [-0.25, -0.2) is 0 Å². The summed E-state index contributed by atoms with van der Waals surface area (Å²) in [5, 5.41) is 29.9. The molecule has 3 rings (SSSR count). The minimum Gasteiger partial charge on any atom is -0.393 e. The van der Waals surface area contributed by atoms with Crippen molar-refractivity contribution in [3.05, 3.63) is 35.5 Å². The molecule has 3 saturated carbocycles. The SMILES string of the molecule is C=C1/C(=C\C=C2/CCC[C@]3(C)[C@@H](COCCC(C)(C)O)CC[C@@H]23)C[C@@H](O)C[C@@H]1O. The normalized spacial score (nSPS) is 38.6. The first kappa shape index (κ1) is 22.7. The number of aliphatic hydroxyl groups is 3. The van der Waals surface area contributed by atoms with Gasteiger partial charge in [-0.1, -0.05) is 31.2 Å². The van der Waals surface area contributed by atoms with Crippen LogP contribution in [0, 0.1) is 17.3 Å². The van der Waals surface area contributed by atoms with Gasteiger partial charge in [0.1, 0.15) is 0 Å². The van der Waals surface area contributed by atoms with Crippen molar-refractivity contribution in [2.24, 2.45) is 17.3 Å². The van der Waals surface area contributed by atoms with E-state index in [1.807, 2.05) is 13.8 Å². The van der Waals surface area contributed by atoms with E-state index in [0.29, 0.717) is 37.7 Å². The van der Waals surface area contributed by atoms with Crippen LogP contribution in [0.5, 0.6) is 0 Å². The first-order valence-electron chi connectivity index (χ1n) is 11.3. The van der Waals surface area contributed by atoms with Crippen molar-refractivity contribution in [1.82, 2.24) is 0 Å². The number of hydrogen-bond acceptors (Lipinski definition) is 4. The first-order valence-corrected chi connectivity index (χ1v) is 11.3. The molecule has 0 bridgehead atoms. The molecule has 0 radical (unpaired) electrons. The van der Waals surface area contributed by atoms with E-state index in [1.165, 1.54) is 31.3 Å². The number of ether oxygens (including phenoxy) is 1. The summed E-state index contributed by atoms with van der Waals surface area (Å²) < 4.78 is 5.98. The monoisotopic (exact) mass is 404 g/mol. The maximum Gasteiger partial charge on any atom is 0.0811 e. The Bertz CT molecular complexity index is 656. The van der Waals surface area contributed by atoms with Gasteiger partial charge in [0.2, 0.25) is 0 Å². The van der Waals surface area contributed by atoms with Gasteiger partial charge in [0.15, 0.2) is 0 Å². The molecule has 5 atom stereocenters. The molecule has 3 fully saturated rings. The fourth-order valence-corrected chi connectivity index (χ4v) is 5.63. The molecular weight excluding hydrogens is 364 g/mol. The maximum absolute atomic E-state index is 10.1. The lowest BCUT2D eigenvalue weighted by Gasteiger charge is -2.42. The number of hydrogen-bond donors (Lipinski definition) is 3. The minimum atomic E-state index is -0.666. The third kappa shape index (κ3) is 5.41. The Balaban J connectivity index is 1.65. The lowest BCUT2D eigenvalue weighted by Crippen LogP contribution is -2.35. The van der Waals surface area contributed by atoms with Crippen LogP contribution in [0.4, 0.5) is 0 Å². The van der Waals surface area contributed by atoms with Gasteiger partial charge in [0.05, 0.1) is 17.8 Å². The van der Waals surface area contributed by atoms with Crippen LogP contribution >= 0.6 is 0 Å². The molecule has 0 spiro atoms. The van der Waals surface area contributed by atoms with Gasteiger partial charge in [0.25, 0.3) is 0 Å². The Morgan fingerprint density at radius 3 is 2.72 bits per heavy atom. The van der Waals surface area contributed by atoms with Crippen LogP contribution in [0.15, 0.2) is 35.5 Å². The molecule has 3 aliphatic rings. The predicted octanol–water partition coefficient (Wildman–Crippen LogP) is 4.31. The highest BCUT2D eigenvalue weighted by Crippen LogP contribution is 2.57. The second-order valence-corrected chi connectivity index (χ2v) is 10.4. The molecular formula is C25H40O4. The maximum atomic E-state index is 10.1. The second-order valence-electron chi connectivity index (χ2n) is 10.4. The molecule has 0 aromatic rings. The van der Waals surface area contributed by atoms with E-state index in [1.54, 1.807) is 0 Å². The fraction of sp³-hybridized carbons (Fsp3) is 0.760. The standard InChI is InChI=1S/C25H40O4/c1-17-19(14-21(26)15-23(17)27)8-7-18-6-5-11-25(4)20(9-10-22(18)25)16-29-13-12-24(2,3)28/h7-8,20-23,26-28H,1,5-6,9-16H2,2-4H3/b18-7+,19-8-/t20-,21-,22+,23+,25-/m1/s1. The van der Waals surface area contributed by atoms with E-state index >= 15 is 0 Å². The zero-order valence-electron chi connectivity index (χ0n) is 18.5. The van der Waals surface area contributed by atoms with Gasteiger partial charge in [-0.05, 0) is 87.2 Å². The van der Waals surface area contributed by atoms with Crippen molar-refractivity contribution >= 4 is 0 Å². The minimum absolute atomic E-state index is 0.278. The summed E-state index contributed by atoms with van der Waals surface area (Å²) in [6, 6.07) is 0. The summed E-state index contributed by atoms with van der Waals surface area (Å²) in [6.45, 7) is 11.5. The number of allylic oxidation sites excluding steroid dienone is 3. The van der Waals surface area contributed by atoms with Crippen molar-refractivity contribution in [3.63, 3.8) is 0 Å². The highest BCUT2D eigenvalue weighted by atomic mass is 16.5. The van der Waals surface area contributed by atoms with E-state index in [0.717, 1.165) is 24.2 Å². The van der Waals surface area contributed by atoms with Crippen molar-refractivity contribution in [2.45, 2.75) is 89.9 Å². The van der Waals surface area contributed by atoms with Crippen LogP contribution in [0.2, 0.25) is 0 Å². The zero-order valence-corrected chi connectivity index (χ0v) is 18.5. The van der Waals surface area contributed by atoms with Crippen LogP contribution in [-0.2, 0) is 4.74 Å². The number of fused-ring (bicyclic) bond motifs is 1. The molecule has 0 aromatic heterocycles. The smallest absolute Gasteiger partial charge is 0.0811 e. The fourth-order valence-electron chi connectivity index (χ4n) is 5.63. The van der Waals surface area contributed by atoms with Crippen LogP contribution in [0.1, 0.15) is 72.1 Å². The summed E-state index contributed by atoms with van der Waals surface area (Å²) >= 11 is 0. The summed E-state index contributed by atoms with van der Waals surface area (Å²) in [6.07, 6.45) is 10.9. The average Bonchev–Trinajstić information content (AvgIpc) is 2.96. The molecule has 0 aliphatic heterocycles. The topological polar surface area (TPSA) is 69.9 Å². The van der Waals surface area contributed by atoms with Crippen molar-refractivity contribution < 1.29 is 20.1 Å². The van der Waals surface area contributed by atoms with Crippen molar-refractivity contribution in [1.29, 1.82) is 0 Å². The van der Waals surface area contributed by atoms with Gasteiger partial charge in [-0.2, -0.15) is 0 Å². The summed E-state index contributed by atoms with van der Waals surface area (Å²) in [5.74, 6) is 1.15. The van der Waals surface area contributed by atoms with Gasteiger partial charge in [-0.15, -0.1) is 0 Å². The highest BCUT2D eigenvalue weighted by Gasteiger charge is 2.49. The lowest BCUT2D eigenvalue weighted by molar-refractivity contribution is -0.000951. The molecule has 29 heavy (non-hydrogen) atoms. The molecule has 0 aromatic carbocycles. The summed E-state index contributed by atoms with van der Waals surface area (Å²) in [4.78, 5) is 0. The van der Waals surface area contributed by atoms with Gasteiger partial charge >= 0.3 is 0 Å². The molecule has 0 amide bonds. The van der Waals surface area contributed by atoms with Gasteiger partial charge in [-0.3, -0.25) is 0 Å². The molecule has 0 unspecified atom stereocenters. The van der Waals surface area contributed by atoms with Crippen molar-refractivity contribution in [3.8, 4) is 0 Å². The van der Waals surface area contributed by atoms with E-state index in [4.69, 9.17) is 4.74 Å². The highest BCUT2D eigenvalue weighted by molar-refractivity contribution is 5.38. The number of rotatable bonds is 6. The quantitative estimate of drug-likeness (QED) is 0.577. The van der Waals surface area contributed by atoms with E-state index in [9.17, 15) is 15.3 Å². The van der Waals surface area contributed by atoms with Gasteiger partial charge < -0.3 is 20.1 Å². The second kappa shape index (κ2) is 9.05. The average molecular weight is 405 g/mol. The first-order chi connectivity index (χ1) is 13.6. The molecule has 3 N–H and O–H groups in total. The Hall–Kier alpha value is -0.940. The van der Waals surface area contributed by atoms with E-state index < -0.39 is 17.8 Å². The van der Waals surface area contributed by atoms with Crippen molar-refractivity contribution in [2.75, 3.05) is 13.2 Å². The van der Waals surface area contributed by atoms with Crippen LogP contribution in [-0.4, -0.2) is 46.3 Å². The lowest BCUT2D eigenvalue weighted by atomic mass is 9.63. The predicted molar refractivity (Wildman–Crippen MR) is 116 cm³/mol. The van der Waals surface area contributed by atoms with Gasteiger partial charge in [0, 0.05) is 19.6 Å². The van der Waals surface area contributed by atoms with Crippen LogP contribution in [0.25, 0.3) is 0 Å². The largest absolute Gasteiger partial charge is 0.393 e. The van der Waals surface area contributed by atoms with E-state index in [-0.39, 0.29) is 5.41 Å². The van der Waals surface area contributed by atoms with Crippen LogP contribution < -0.4 is 0 Å². The van der Waals surface area contributed by atoms with E-state index in [2.05, 4.69) is 25.7 Å². The molecule has 3 aliphatic carbocycles. The third-order valence-electron chi connectivity index (χ3n) is 7.60. The summed E-state index contributed by atoms with van der Waals surface area (Å²) in [5.41, 5.74) is 2.86. The Morgan fingerprint density at radius 2 is 2.00 bits per heavy atom. The molecule has 0 saturated heterocycles.